The van der Waals surface area contributed by atoms with Gasteiger partial charge in [0.2, 0.25) is 0 Å². The highest BCUT2D eigenvalue weighted by molar-refractivity contribution is 5.93. The normalized spacial score (nSPS) is 23.6. The van der Waals surface area contributed by atoms with Crippen molar-refractivity contribution in [2.45, 2.75) is 31.8 Å². The summed E-state index contributed by atoms with van der Waals surface area (Å²) in [4.78, 5) is 14.8. The van der Waals surface area contributed by atoms with Gasteiger partial charge in [0.1, 0.15) is 5.56 Å². The Morgan fingerprint density at radius 1 is 1.50 bits per heavy atom. The van der Waals surface area contributed by atoms with E-state index in [0.29, 0.717) is 18.2 Å². The Morgan fingerprint density at radius 2 is 2.33 bits per heavy atom. The summed E-state index contributed by atoms with van der Waals surface area (Å²) in [6.45, 7) is 0.696. The van der Waals surface area contributed by atoms with Crippen LogP contribution >= 0.6 is 0 Å². The van der Waals surface area contributed by atoms with E-state index in [1.807, 2.05) is 0 Å². The van der Waals surface area contributed by atoms with Gasteiger partial charge in [0.05, 0.1) is 11.8 Å². The summed E-state index contributed by atoms with van der Waals surface area (Å²) in [6, 6.07) is 1.67. The number of aromatic nitrogens is 1. The first-order chi connectivity index (χ1) is 8.66. The van der Waals surface area contributed by atoms with Gasteiger partial charge in [-0.15, -0.1) is 0 Å². The number of pyridine rings is 1. The second kappa shape index (κ2) is 5.82. The molecule has 1 aromatic rings. The molecule has 0 bridgehead atoms. The summed E-state index contributed by atoms with van der Waals surface area (Å²) in [5.41, 5.74) is 0.784. The number of nitrogens with one attached hydrogen (secondary N) is 1. The van der Waals surface area contributed by atoms with Crippen molar-refractivity contribution in [1.82, 2.24) is 4.98 Å². The van der Waals surface area contributed by atoms with Crippen LogP contribution in [0.15, 0.2) is 18.5 Å². The fourth-order valence-corrected chi connectivity index (χ4v) is 2.42. The van der Waals surface area contributed by atoms with Crippen molar-refractivity contribution < 1.29 is 15.0 Å². The Morgan fingerprint density at radius 3 is 3.06 bits per heavy atom. The van der Waals surface area contributed by atoms with Gasteiger partial charge in [-0.05, 0) is 31.2 Å². The maximum Gasteiger partial charge on any atom is 0.339 e. The van der Waals surface area contributed by atoms with Crippen molar-refractivity contribution in [3.05, 3.63) is 24.0 Å². The average Bonchev–Trinajstić information content (AvgIpc) is 2.37. The number of hydrogen-bond acceptors (Lipinski definition) is 4. The molecule has 1 aliphatic rings. The van der Waals surface area contributed by atoms with Crippen LogP contribution in [0.1, 0.15) is 36.0 Å². The molecule has 1 heterocycles. The standard InChI is InChI=1S/C13H18N2O3/c16-10-3-1-2-9(6-10)7-15-12-4-5-14-8-11(12)13(17)18/h4-5,8-10,16H,1-3,6-7H2,(H,14,15)(H,17,18). The Balaban J connectivity index is 1.95. The zero-order valence-corrected chi connectivity index (χ0v) is 10.2. The van der Waals surface area contributed by atoms with E-state index in [2.05, 4.69) is 10.3 Å². The van der Waals surface area contributed by atoms with Gasteiger partial charge in [-0.1, -0.05) is 6.42 Å². The largest absolute Gasteiger partial charge is 0.478 e. The first-order valence-corrected chi connectivity index (χ1v) is 6.26. The molecule has 1 aliphatic carbocycles. The monoisotopic (exact) mass is 250 g/mol. The summed E-state index contributed by atoms with van der Waals surface area (Å²) in [5.74, 6) is -0.571. The number of nitrogens with zero attached hydrogens (tertiary/aromatic N) is 1. The van der Waals surface area contributed by atoms with Crippen LogP contribution in [0.3, 0.4) is 0 Å². The molecule has 0 saturated heterocycles. The third-order valence-electron chi connectivity index (χ3n) is 3.39. The number of rotatable bonds is 4. The van der Waals surface area contributed by atoms with Crippen LogP contribution in [0.4, 0.5) is 5.69 Å². The van der Waals surface area contributed by atoms with Crippen molar-refractivity contribution in [2.24, 2.45) is 5.92 Å². The van der Waals surface area contributed by atoms with Gasteiger partial charge in [-0.25, -0.2) is 4.79 Å². The highest BCUT2D eigenvalue weighted by Crippen LogP contribution is 2.25. The second-order valence-electron chi connectivity index (χ2n) is 4.79. The summed E-state index contributed by atoms with van der Waals surface area (Å²) >= 11 is 0. The van der Waals surface area contributed by atoms with Crippen molar-refractivity contribution in [1.29, 1.82) is 0 Å². The van der Waals surface area contributed by atoms with Gasteiger partial charge >= 0.3 is 5.97 Å². The minimum atomic E-state index is -0.978. The quantitative estimate of drug-likeness (QED) is 0.758. The maximum absolute atomic E-state index is 11.0. The van der Waals surface area contributed by atoms with Gasteiger partial charge in [0.25, 0.3) is 0 Å². The van der Waals surface area contributed by atoms with Crippen LogP contribution < -0.4 is 5.32 Å². The van der Waals surface area contributed by atoms with Crippen LogP contribution in [0, 0.1) is 5.92 Å². The van der Waals surface area contributed by atoms with Crippen molar-refractivity contribution in [3.63, 3.8) is 0 Å². The number of aromatic carboxylic acids is 1. The predicted octanol–water partition coefficient (Wildman–Crippen LogP) is 1.74. The minimum Gasteiger partial charge on any atom is -0.478 e. The second-order valence-corrected chi connectivity index (χ2v) is 4.79. The lowest BCUT2D eigenvalue weighted by molar-refractivity contribution is 0.0697. The van der Waals surface area contributed by atoms with Crippen LogP contribution in [0.2, 0.25) is 0 Å². The molecule has 0 spiro atoms. The van der Waals surface area contributed by atoms with Gasteiger partial charge in [0.15, 0.2) is 0 Å². The number of carboxylic acid groups (broad SMARTS) is 1. The van der Waals surface area contributed by atoms with Crippen molar-refractivity contribution in [2.75, 3.05) is 11.9 Å². The minimum absolute atomic E-state index is 0.189. The number of carboxylic acids is 1. The van der Waals surface area contributed by atoms with Crippen molar-refractivity contribution in [3.8, 4) is 0 Å². The van der Waals surface area contributed by atoms with Crippen LogP contribution in [-0.4, -0.2) is 33.8 Å². The van der Waals surface area contributed by atoms with E-state index >= 15 is 0 Å². The average molecular weight is 250 g/mol. The van der Waals surface area contributed by atoms with Crippen LogP contribution in [0.25, 0.3) is 0 Å². The first kappa shape index (κ1) is 12.8. The maximum atomic E-state index is 11.0. The van der Waals surface area contributed by atoms with E-state index in [0.717, 1.165) is 25.7 Å². The van der Waals surface area contributed by atoms with Gasteiger partial charge < -0.3 is 15.5 Å². The van der Waals surface area contributed by atoms with E-state index in [4.69, 9.17) is 5.11 Å². The molecule has 2 rings (SSSR count). The zero-order chi connectivity index (χ0) is 13.0. The lowest BCUT2D eigenvalue weighted by atomic mass is 9.87. The molecule has 98 valence electrons. The molecule has 0 aliphatic heterocycles. The Hall–Kier alpha value is -1.62. The van der Waals surface area contributed by atoms with Gasteiger partial charge in [-0.3, -0.25) is 4.98 Å². The van der Waals surface area contributed by atoms with Crippen LogP contribution in [-0.2, 0) is 0 Å². The molecule has 0 radical (unpaired) electrons. The number of carbonyl (C=O) groups is 1. The molecular weight excluding hydrogens is 232 g/mol. The molecule has 1 saturated carbocycles. The summed E-state index contributed by atoms with van der Waals surface area (Å²) in [5, 5.41) is 21.8. The summed E-state index contributed by atoms with van der Waals surface area (Å²) < 4.78 is 0. The van der Waals surface area contributed by atoms with E-state index in [-0.39, 0.29) is 11.7 Å². The lowest BCUT2D eigenvalue weighted by Gasteiger charge is -2.26. The Bertz CT molecular complexity index is 422. The Kier molecular flexibility index (Phi) is 4.15. The zero-order valence-electron chi connectivity index (χ0n) is 10.2. The summed E-state index contributed by atoms with van der Waals surface area (Å²) in [7, 11) is 0. The molecule has 3 N–H and O–H groups in total. The van der Waals surface area contributed by atoms with Crippen LogP contribution in [0.5, 0.6) is 0 Å². The molecule has 5 heteroatoms. The number of anilines is 1. The molecule has 0 aromatic carbocycles. The molecular formula is C13H18N2O3. The van der Waals surface area contributed by atoms with Gasteiger partial charge in [0, 0.05) is 18.9 Å². The smallest absolute Gasteiger partial charge is 0.339 e. The molecule has 1 aromatic heterocycles. The Labute approximate surface area is 106 Å². The van der Waals surface area contributed by atoms with E-state index in [9.17, 15) is 9.90 Å². The predicted molar refractivity (Wildman–Crippen MR) is 67.7 cm³/mol. The first-order valence-electron chi connectivity index (χ1n) is 6.26. The van der Waals surface area contributed by atoms with E-state index in [1.165, 1.54) is 6.20 Å². The van der Waals surface area contributed by atoms with Gasteiger partial charge in [-0.2, -0.15) is 0 Å². The molecule has 5 nitrogen and oxygen atoms in total. The fourth-order valence-electron chi connectivity index (χ4n) is 2.42. The molecule has 1 fully saturated rings. The number of hydrogen-bond donors (Lipinski definition) is 3. The highest BCUT2D eigenvalue weighted by Gasteiger charge is 2.20. The highest BCUT2D eigenvalue weighted by atomic mass is 16.4. The topological polar surface area (TPSA) is 82.5 Å². The number of aliphatic hydroxyl groups excluding tert-OH is 1. The van der Waals surface area contributed by atoms with E-state index < -0.39 is 5.97 Å². The number of aliphatic hydroxyl groups is 1. The third-order valence-corrected chi connectivity index (χ3v) is 3.39. The molecule has 18 heavy (non-hydrogen) atoms. The third kappa shape index (κ3) is 3.20. The SMILES string of the molecule is O=C(O)c1cnccc1NCC1CCCC(O)C1. The molecule has 2 unspecified atom stereocenters. The van der Waals surface area contributed by atoms with Crippen molar-refractivity contribution >= 4 is 11.7 Å². The fraction of sp³-hybridized carbons (Fsp3) is 0.538. The summed E-state index contributed by atoms with van der Waals surface area (Å²) in [6.07, 6.45) is 6.51. The lowest BCUT2D eigenvalue weighted by Crippen LogP contribution is -2.25. The molecule has 0 amide bonds. The molecule has 2 atom stereocenters. The van der Waals surface area contributed by atoms with E-state index in [1.54, 1.807) is 12.3 Å².